The number of hydrogen-bond acceptors (Lipinski definition) is 2. The van der Waals surface area contributed by atoms with Crippen molar-refractivity contribution in [2.75, 3.05) is 0 Å². The topological polar surface area (TPSA) is 38.9 Å². The number of halogens is 3. The Hall–Kier alpha value is -0.800. The minimum atomic E-state index is 0. The van der Waals surface area contributed by atoms with Gasteiger partial charge in [0.2, 0.25) is 0 Å². The second-order valence-corrected chi connectivity index (χ2v) is 3.67. The summed E-state index contributed by atoms with van der Waals surface area (Å²) in [4.78, 5) is 4.13. The summed E-state index contributed by atoms with van der Waals surface area (Å²) < 4.78 is 0. The Balaban J connectivity index is 0.00000128. The van der Waals surface area contributed by atoms with Gasteiger partial charge in [-0.25, -0.2) is 0 Å². The Labute approximate surface area is 118 Å². The van der Waals surface area contributed by atoms with Crippen LogP contribution in [0.25, 0.3) is 11.1 Å². The fraction of sp³-hybridized carbons (Fsp3) is 0.0833. The van der Waals surface area contributed by atoms with E-state index in [2.05, 4.69) is 4.98 Å². The summed E-state index contributed by atoms with van der Waals surface area (Å²) in [5.74, 6) is 0. The van der Waals surface area contributed by atoms with Crippen molar-refractivity contribution >= 4 is 36.4 Å². The van der Waals surface area contributed by atoms with Crippen molar-refractivity contribution in [3.8, 4) is 11.1 Å². The zero-order valence-electron chi connectivity index (χ0n) is 8.97. The van der Waals surface area contributed by atoms with Gasteiger partial charge in [0.25, 0.3) is 0 Å². The Morgan fingerprint density at radius 1 is 1.12 bits per heavy atom. The van der Waals surface area contributed by atoms with Crippen molar-refractivity contribution in [3.05, 3.63) is 53.3 Å². The fourth-order valence-electron chi connectivity index (χ4n) is 1.44. The highest BCUT2D eigenvalue weighted by Crippen LogP contribution is 2.27. The molecule has 0 aliphatic rings. The van der Waals surface area contributed by atoms with Gasteiger partial charge in [-0.05, 0) is 17.7 Å². The first kappa shape index (κ1) is 16.2. The van der Waals surface area contributed by atoms with E-state index in [1.54, 1.807) is 12.4 Å². The SMILES string of the molecule is Cl.Cl.NCc1cncc(-c2ccccc2Cl)c1. The lowest BCUT2D eigenvalue weighted by molar-refractivity contribution is 1.05. The molecule has 5 heteroatoms. The third kappa shape index (κ3) is 3.86. The molecule has 0 spiro atoms. The van der Waals surface area contributed by atoms with Crippen LogP contribution in [0.4, 0.5) is 0 Å². The summed E-state index contributed by atoms with van der Waals surface area (Å²) in [5.41, 5.74) is 8.56. The third-order valence-corrected chi connectivity index (χ3v) is 2.55. The maximum absolute atomic E-state index is 6.10. The predicted octanol–water partition coefficient (Wildman–Crippen LogP) is 3.70. The number of nitrogens with zero attached hydrogens (tertiary/aromatic N) is 1. The monoisotopic (exact) mass is 290 g/mol. The lowest BCUT2D eigenvalue weighted by Crippen LogP contribution is -1.97. The Kier molecular flexibility index (Phi) is 7.16. The molecular formula is C12H13Cl3N2. The molecule has 0 saturated carbocycles. The number of hydrogen-bond donors (Lipinski definition) is 1. The largest absolute Gasteiger partial charge is 0.326 e. The zero-order chi connectivity index (χ0) is 10.7. The first-order chi connectivity index (χ1) is 7.31. The highest BCUT2D eigenvalue weighted by atomic mass is 35.5. The summed E-state index contributed by atoms with van der Waals surface area (Å²) >= 11 is 6.10. The summed E-state index contributed by atoms with van der Waals surface area (Å²) in [7, 11) is 0. The van der Waals surface area contributed by atoms with E-state index < -0.39 is 0 Å². The normalized spacial score (nSPS) is 9.06. The van der Waals surface area contributed by atoms with E-state index >= 15 is 0 Å². The molecule has 1 heterocycles. The molecule has 0 unspecified atom stereocenters. The molecule has 92 valence electrons. The van der Waals surface area contributed by atoms with Gasteiger partial charge in [0.15, 0.2) is 0 Å². The molecule has 0 saturated heterocycles. The van der Waals surface area contributed by atoms with Gasteiger partial charge < -0.3 is 5.73 Å². The second kappa shape index (κ2) is 7.51. The fourth-order valence-corrected chi connectivity index (χ4v) is 1.69. The van der Waals surface area contributed by atoms with Crippen LogP contribution in [-0.4, -0.2) is 4.98 Å². The highest BCUT2D eigenvalue weighted by molar-refractivity contribution is 6.33. The minimum absolute atomic E-state index is 0. The quantitative estimate of drug-likeness (QED) is 0.916. The second-order valence-electron chi connectivity index (χ2n) is 3.27. The van der Waals surface area contributed by atoms with Crippen molar-refractivity contribution in [2.24, 2.45) is 5.73 Å². The van der Waals surface area contributed by atoms with Crippen LogP contribution in [0.5, 0.6) is 0 Å². The van der Waals surface area contributed by atoms with E-state index in [9.17, 15) is 0 Å². The molecule has 1 aromatic carbocycles. The van der Waals surface area contributed by atoms with E-state index in [1.807, 2.05) is 30.3 Å². The first-order valence-corrected chi connectivity index (χ1v) is 5.08. The van der Waals surface area contributed by atoms with Gasteiger partial charge in [-0.15, -0.1) is 24.8 Å². The van der Waals surface area contributed by atoms with Gasteiger partial charge in [-0.3, -0.25) is 4.98 Å². The smallest absolute Gasteiger partial charge is 0.0484 e. The van der Waals surface area contributed by atoms with Gasteiger partial charge >= 0.3 is 0 Å². The molecule has 17 heavy (non-hydrogen) atoms. The predicted molar refractivity (Wildman–Crippen MR) is 77.1 cm³/mol. The molecular weight excluding hydrogens is 279 g/mol. The van der Waals surface area contributed by atoms with Crippen LogP contribution in [0, 0.1) is 0 Å². The maximum atomic E-state index is 6.10. The maximum Gasteiger partial charge on any atom is 0.0484 e. The highest BCUT2D eigenvalue weighted by Gasteiger charge is 2.02. The van der Waals surface area contributed by atoms with E-state index in [0.717, 1.165) is 21.7 Å². The Morgan fingerprint density at radius 3 is 2.47 bits per heavy atom. The van der Waals surface area contributed by atoms with E-state index in [-0.39, 0.29) is 24.8 Å². The van der Waals surface area contributed by atoms with Crippen molar-refractivity contribution < 1.29 is 0 Å². The van der Waals surface area contributed by atoms with E-state index in [0.29, 0.717) is 6.54 Å². The van der Waals surface area contributed by atoms with Crippen molar-refractivity contribution in [1.82, 2.24) is 4.98 Å². The summed E-state index contributed by atoms with van der Waals surface area (Å²) in [6.45, 7) is 0.491. The molecule has 0 aliphatic heterocycles. The summed E-state index contributed by atoms with van der Waals surface area (Å²) in [6, 6.07) is 9.71. The number of aromatic nitrogens is 1. The molecule has 2 rings (SSSR count). The van der Waals surface area contributed by atoms with Gasteiger partial charge in [0.05, 0.1) is 0 Å². The number of nitrogens with two attached hydrogens (primary N) is 1. The lowest BCUT2D eigenvalue weighted by Gasteiger charge is -2.05. The van der Waals surface area contributed by atoms with Crippen molar-refractivity contribution in [1.29, 1.82) is 0 Å². The van der Waals surface area contributed by atoms with Crippen LogP contribution in [0.1, 0.15) is 5.56 Å². The molecule has 0 bridgehead atoms. The van der Waals surface area contributed by atoms with Crippen LogP contribution < -0.4 is 5.73 Å². The zero-order valence-corrected chi connectivity index (χ0v) is 11.4. The van der Waals surface area contributed by atoms with Crippen molar-refractivity contribution in [2.45, 2.75) is 6.54 Å². The van der Waals surface area contributed by atoms with Crippen LogP contribution in [0.2, 0.25) is 5.02 Å². The van der Waals surface area contributed by atoms with Crippen molar-refractivity contribution in [3.63, 3.8) is 0 Å². The lowest BCUT2D eigenvalue weighted by atomic mass is 10.1. The van der Waals surface area contributed by atoms with Gasteiger partial charge in [-0.1, -0.05) is 29.8 Å². The average Bonchev–Trinajstić information content (AvgIpc) is 2.30. The van der Waals surface area contributed by atoms with Crippen LogP contribution in [0.3, 0.4) is 0 Å². The Morgan fingerprint density at radius 2 is 1.82 bits per heavy atom. The molecule has 0 radical (unpaired) electrons. The van der Waals surface area contributed by atoms with Crippen LogP contribution in [-0.2, 0) is 6.54 Å². The Bertz CT molecular complexity index is 475. The molecule has 2 N–H and O–H groups in total. The molecule has 2 aromatic rings. The number of pyridine rings is 1. The number of benzene rings is 1. The molecule has 0 amide bonds. The summed E-state index contributed by atoms with van der Waals surface area (Å²) in [6.07, 6.45) is 3.56. The van der Waals surface area contributed by atoms with Crippen LogP contribution >= 0.6 is 36.4 Å². The van der Waals surface area contributed by atoms with E-state index in [1.165, 1.54) is 0 Å². The molecule has 1 aromatic heterocycles. The molecule has 0 atom stereocenters. The summed E-state index contributed by atoms with van der Waals surface area (Å²) in [5, 5.41) is 0.730. The van der Waals surface area contributed by atoms with Gasteiger partial charge in [-0.2, -0.15) is 0 Å². The molecule has 0 fully saturated rings. The average molecular weight is 292 g/mol. The minimum Gasteiger partial charge on any atom is -0.326 e. The third-order valence-electron chi connectivity index (χ3n) is 2.22. The number of rotatable bonds is 2. The first-order valence-electron chi connectivity index (χ1n) is 4.70. The molecule has 2 nitrogen and oxygen atoms in total. The standard InChI is InChI=1S/C12H11ClN2.2ClH/c13-12-4-2-1-3-11(12)10-5-9(6-14)7-15-8-10;;/h1-5,7-8H,6,14H2;2*1H. The van der Waals surface area contributed by atoms with Crippen LogP contribution in [0.15, 0.2) is 42.7 Å². The molecule has 0 aliphatic carbocycles. The van der Waals surface area contributed by atoms with E-state index in [4.69, 9.17) is 17.3 Å². The van der Waals surface area contributed by atoms with Gasteiger partial charge in [0, 0.05) is 35.1 Å². The van der Waals surface area contributed by atoms with Gasteiger partial charge in [0.1, 0.15) is 0 Å².